The third-order valence-corrected chi connectivity index (χ3v) is 2.97. The van der Waals surface area contributed by atoms with Crippen LogP contribution in [0, 0.1) is 19.7 Å². The molecule has 2 aromatic carbocycles. The Kier molecular flexibility index (Phi) is 3.95. The molecule has 1 N–H and O–H groups in total. The van der Waals surface area contributed by atoms with Crippen LogP contribution in [0.3, 0.4) is 0 Å². The monoisotopic (exact) mass is 257 g/mol. The Balaban J connectivity index is 2.08. The molecule has 0 saturated heterocycles. The van der Waals surface area contributed by atoms with Crippen molar-refractivity contribution in [3.8, 4) is 0 Å². The molecule has 0 unspecified atom stereocenters. The molecule has 0 aliphatic heterocycles. The minimum atomic E-state index is -0.454. The summed E-state index contributed by atoms with van der Waals surface area (Å²) < 4.78 is 13.8. The molecule has 0 spiro atoms. The number of hydrogen-bond acceptors (Lipinski definition) is 1. The van der Waals surface area contributed by atoms with Gasteiger partial charge < -0.3 is 5.32 Å². The Labute approximate surface area is 112 Å². The van der Waals surface area contributed by atoms with Crippen LogP contribution in [-0.4, -0.2) is 5.91 Å². The first kappa shape index (κ1) is 13.3. The van der Waals surface area contributed by atoms with E-state index in [1.807, 2.05) is 31.2 Å². The average Bonchev–Trinajstić information content (AvgIpc) is 2.39. The Morgan fingerprint density at radius 2 is 1.89 bits per heavy atom. The lowest BCUT2D eigenvalue weighted by molar-refractivity contribution is 0.0946. The molecule has 2 aromatic rings. The van der Waals surface area contributed by atoms with Crippen LogP contribution in [0.25, 0.3) is 0 Å². The second-order valence-corrected chi connectivity index (χ2v) is 4.61. The predicted octanol–water partition coefficient (Wildman–Crippen LogP) is 3.37. The molecule has 2 rings (SSSR count). The van der Waals surface area contributed by atoms with Crippen molar-refractivity contribution in [2.24, 2.45) is 0 Å². The molecule has 0 aliphatic carbocycles. The van der Waals surface area contributed by atoms with Gasteiger partial charge in [-0.05, 0) is 31.0 Å². The minimum absolute atomic E-state index is 0.0904. The van der Waals surface area contributed by atoms with Crippen LogP contribution >= 0.6 is 0 Å². The van der Waals surface area contributed by atoms with E-state index in [0.29, 0.717) is 12.1 Å². The number of rotatable bonds is 3. The minimum Gasteiger partial charge on any atom is -0.348 e. The van der Waals surface area contributed by atoms with Crippen molar-refractivity contribution >= 4 is 5.91 Å². The van der Waals surface area contributed by atoms with Gasteiger partial charge in [-0.3, -0.25) is 4.79 Å². The summed E-state index contributed by atoms with van der Waals surface area (Å²) in [6.45, 7) is 4.03. The zero-order chi connectivity index (χ0) is 13.8. The summed E-state index contributed by atoms with van der Waals surface area (Å²) in [5.74, 6) is -0.841. The number of halogens is 1. The normalized spacial score (nSPS) is 10.3. The van der Waals surface area contributed by atoms with Gasteiger partial charge in [0.2, 0.25) is 0 Å². The summed E-state index contributed by atoms with van der Waals surface area (Å²) in [5.41, 5.74) is 2.70. The van der Waals surface area contributed by atoms with Gasteiger partial charge in [-0.25, -0.2) is 4.39 Å². The van der Waals surface area contributed by atoms with E-state index < -0.39 is 5.82 Å². The zero-order valence-electron chi connectivity index (χ0n) is 11.0. The van der Waals surface area contributed by atoms with Crippen LogP contribution in [0.4, 0.5) is 4.39 Å². The molecule has 0 aromatic heterocycles. The van der Waals surface area contributed by atoms with Gasteiger partial charge in [0.05, 0.1) is 5.56 Å². The van der Waals surface area contributed by atoms with E-state index in [1.54, 1.807) is 19.1 Å². The first-order valence-electron chi connectivity index (χ1n) is 6.17. The quantitative estimate of drug-likeness (QED) is 0.897. The van der Waals surface area contributed by atoms with Crippen molar-refractivity contribution in [2.75, 3.05) is 0 Å². The van der Waals surface area contributed by atoms with Gasteiger partial charge in [-0.15, -0.1) is 0 Å². The van der Waals surface area contributed by atoms with Crippen LogP contribution < -0.4 is 5.32 Å². The Hall–Kier alpha value is -2.16. The van der Waals surface area contributed by atoms with E-state index in [0.717, 1.165) is 11.1 Å². The molecule has 1 amide bonds. The van der Waals surface area contributed by atoms with E-state index in [1.165, 1.54) is 6.07 Å². The van der Waals surface area contributed by atoms with Gasteiger partial charge in [0.1, 0.15) is 5.82 Å². The number of carbonyl (C=O) groups is 1. The molecule has 0 fully saturated rings. The van der Waals surface area contributed by atoms with E-state index in [-0.39, 0.29) is 11.5 Å². The van der Waals surface area contributed by atoms with E-state index in [4.69, 9.17) is 0 Å². The standard InChI is InChI=1S/C16H16FNO/c1-11-5-3-7-13(9-11)10-18-16(19)14-8-4-6-12(2)15(14)17/h3-9H,10H2,1-2H3,(H,18,19). The fraction of sp³-hybridized carbons (Fsp3) is 0.188. The molecule has 19 heavy (non-hydrogen) atoms. The maximum absolute atomic E-state index is 13.8. The van der Waals surface area contributed by atoms with Gasteiger partial charge in [0, 0.05) is 6.54 Å². The summed E-state index contributed by atoms with van der Waals surface area (Å²) in [7, 11) is 0. The van der Waals surface area contributed by atoms with Gasteiger partial charge >= 0.3 is 0 Å². The van der Waals surface area contributed by atoms with Crippen molar-refractivity contribution < 1.29 is 9.18 Å². The highest BCUT2D eigenvalue weighted by Gasteiger charge is 2.12. The summed E-state index contributed by atoms with van der Waals surface area (Å²) in [4.78, 5) is 11.9. The molecule has 2 nitrogen and oxygen atoms in total. The molecule has 0 saturated carbocycles. The van der Waals surface area contributed by atoms with Crippen LogP contribution in [-0.2, 0) is 6.54 Å². The fourth-order valence-electron chi connectivity index (χ4n) is 1.92. The molecule has 0 atom stereocenters. The number of amides is 1. The predicted molar refractivity (Wildman–Crippen MR) is 73.5 cm³/mol. The average molecular weight is 257 g/mol. The maximum Gasteiger partial charge on any atom is 0.254 e. The second kappa shape index (κ2) is 5.65. The highest BCUT2D eigenvalue weighted by molar-refractivity contribution is 5.94. The van der Waals surface area contributed by atoms with Crippen molar-refractivity contribution in [3.63, 3.8) is 0 Å². The fourth-order valence-corrected chi connectivity index (χ4v) is 1.92. The molecule has 0 radical (unpaired) electrons. The van der Waals surface area contributed by atoms with Gasteiger partial charge in [0.15, 0.2) is 0 Å². The molecule has 0 bridgehead atoms. The van der Waals surface area contributed by atoms with Crippen molar-refractivity contribution in [2.45, 2.75) is 20.4 Å². The van der Waals surface area contributed by atoms with Crippen LogP contribution in [0.2, 0.25) is 0 Å². The lowest BCUT2D eigenvalue weighted by Crippen LogP contribution is -2.24. The molecular formula is C16H16FNO. The van der Waals surface area contributed by atoms with E-state index >= 15 is 0 Å². The maximum atomic E-state index is 13.8. The largest absolute Gasteiger partial charge is 0.348 e. The summed E-state index contributed by atoms with van der Waals surface area (Å²) in [5, 5.41) is 2.73. The van der Waals surface area contributed by atoms with Gasteiger partial charge in [-0.2, -0.15) is 0 Å². The van der Waals surface area contributed by atoms with Crippen molar-refractivity contribution in [1.82, 2.24) is 5.32 Å². The van der Waals surface area contributed by atoms with E-state index in [2.05, 4.69) is 5.32 Å². The highest BCUT2D eigenvalue weighted by atomic mass is 19.1. The lowest BCUT2D eigenvalue weighted by atomic mass is 10.1. The van der Waals surface area contributed by atoms with E-state index in [9.17, 15) is 9.18 Å². The highest BCUT2D eigenvalue weighted by Crippen LogP contribution is 2.12. The molecule has 3 heteroatoms. The first-order chi connectivity index (χ1) is 9.08. The Bertz CT molecular complexity index is 607. The molecule has 98 valence electrons. The lowest BCUT2D eigenvalue weighted by Gasteiger charge is -2.08. The smallest absolute Gasteiger partial charge is 0.254 e. The molecule has 0 aliphatic rings. The Morgan fingerprint density at radius 1 is 1.16 bits per heavy atom. The number of benzene rings is 2. The third-order valence-electron chi connectivity index (χ3n) is 2.97. The van der Waals surface area contributed by atoms with Crippen LogP contribution in [0.5, 0.6) is 0 Å². The molecule has 0 heterocycles. The first-order valence-corrected chi connectivity index (χ1v) is 6.17. The van der Waals surface area contributed by atoms with Gasteiger partial charge in [0.25, 0.3) is 5.91 Å². The topological polar surface area (TPSA) is 29.1 Å². The van der Waals surface area contributed by atoms with Crippen molar-refractivity contribution in [1.29, 1.82) is 0 Å². The van der Waals surface area contributed by atoms with Crippen molar-refractivity contribution in [3.05, 3.63) is 70.5 Å². The number of nitrogens with one attached hydrogen (secondary N) is 1. The summed E-state index contributed by atoms with van der Waals surface area (Å²) in [6, 6.07) is 12.7. The number of carbonyl (C=O) groups excluding carboxylic acids is 1. The Morgan fingerprint density at radius 3 is 2.63 bits per heavy atom. The zero-order valence-corrected chi connectivity index (χ0v) is 11.0. The summed E-state index contributed by atoms with van der Waals surface area (Å²) >= 11 is 0. The SMILES string of the molecule is Cc1cccc(CNC(=O)c2cccc(C)c2F)c1. The third kappa shape index (κ3) is 3.19. The number of hydrogen-bond donors (Lipinski definition) is 1. The second-order valence-electron chi connectivity index (χ2n) is 4.61. The number of aryl methyl sites for hydroxylation is 2. The van der Waals surface area contributed by atoms with Gasteiger partial charge in [-0.1, -0.05) is 42.0 Å². The van der Waals surface area contributed by atoms with Crippen LogP contribution in [0.15, 0.2) is 42.5 Å². The molecular weight excluding hydrogens is 241 g/mol. The summed E-state index contributed by atoms with van der Waals surface area (Å²) in [6.07, 6.45) is 0. The van der Waals surface area contributed by atoms with Crippen LogP contribution in [0.1, 0.15) is 27.0 Å².